The van der Waals surface area contributed by atoms with Crippen molar-refractivity contribution >= 4 is 32.7 Å². The first kappa shape index (κ1) is 23.2. The van der Waals surface area contributed by atoms with Crippen LogP contribution in [0.2, 0.25) is 0 Å². The quantitative estimate of drug-likeness (QED) is 0.397. The van der Waals surface area contributed by atoms with Gasteiger partial charge in [-0.3, -0.25) is 19.1 Å². The van der Waals surface area contributed by atoms with E-state index in [1.165, 1.54) is 24.5 Å². The number of halogens is 3. The highest BCUT2D eigenvalue weighted by atomic mass is 32.2. The van der Waals surface area contributed by atoms with Gasteiger partial charge in [0.15, 0.2) is 17.5 Å². The maximum atomic E-state index is 15.0. The van der Waals surface area contributed by atoms with Crippen molar-refractivity contribution in [3.63, 3.8) is 0 Å². The van der Waals surface area contributed by atoms with Crippen LogP contribution in [0.4, 0.5) is 24.8 Å². The number of nitrogen functional groups attached to an aromatic ring is 1. The monoisotopic (exact) mass is 490 g/mol. The number of nitrogens with zero attached hydrogens (tertiary/aromatic N) is 4. The van der Waals surface area contributed by atoms with Gasteiger partial charge in [-0.25, -0.2) is 26.6 Å². The third-order valence-electron chi connectivity index (χ3n) is 4.93. The summed E-state index contributed by atoms with van der Waals surface area (Å²) < 4.78 is 72.3. The summed E-state index contributed by atoms with van der Waals surface area (Å²) in [6, 6.07) is 6.26. The zero-order valence-corrected chi connectivity index (χ0v) is 18.4. The van der Waals surface area contributed by atoms with Gasteiger partial charge in [0, 0.05) is 29.9 Å². The van der Waals surface area contributed by atoms with Crippen LogP contribution in [0.25, 0.3) is 22.2 Å². The lowest BCUT2D eigenvalue weighted by atomic mass is 10.0. The van der Waals surface area contributed by atoms with Crippen LogP contribution in [0, 0.1) is 17.5 Å². The van der Waals surface area contributed by atoms with Crippen molar-refractivity contribution in [2.45, 2.75) is 19.2 Å². The van der Waals surface area contributed by atoms with Crippen molar-refractivity contribution in [2.75, 3.05) is 10.5 Å². The summed E-state index contributed by atoms with van der Waals surface area (Å²) in [6.07, 6.45) is 2.64. The molecule has 0 aliphatic heterocycles. The molecule has 0 amide bonds. The highest BCUT2D eigenvalue weighted by molar-refractivity contribution is 7.91. The second kappa shape index (κ2) is 8.74. The molecule has 0 spiro atoms. The zero-order valence-electron chi connectivity index (χ0n) is 17.6. The van der Waals surface area contributed by atoms with Gasteiger partial charge in [0.2, 0.25) is 16.0 Å². The van der Waals surface area contributed by atoms with Crippen molar-refractivity contribution < 1.29 is 21.6 Å². The fourth-order valence-corrected chi connectivity index (χ4v) is 4.54. The summed E-state index contributed by atoms with van der Waals surface area (Å²) in [7, 11) is -4.33. The fourth-order valence-electron chi connectivity index (χ4n) is 3.41. The molecule has 0 unspecified atom stereocenters. The minimum atomic E-state index is -4.33. The lowest BCUT2D eigenvalue weighted by molar-refractivity contribution is 0.502. The first-order valence-electron chi connectivity index (χ1n) is 9.85. The summed E-state index contributed by atoms with van der Waals surface area (Å²) in [5, 5.41) is 0.283. The Morgan fingerprint density at radius 2 is 1.85 bits per heavy atom. The second-order valence-corrected chi connectivity index (χ2v) is 8.93. The molecule has 0 atom stereocenters. The molecule has 0 fully saturated rings. The molecule has 0 radical (unpaired) electrons. The number of aromatic nitrogens is 4. The standard InChI is InChI=1S/C21H17F3N6O3S/c1-2-30-19-11(9-27-21(25)28-19)7-14(20(30)31)13-8-15(22)18(17(24)16(13)23)29-34(32,33)10-12-5-3-4-6-26-12/h3-9,29H,2,10H2,1H3,(H2,25,27,28). The van der Waals surface area contributed by atoms with Gasteiger partial charge >= 0.3 is 0 Å². The number of fused-ring (bicyclic) bond motifs is 1. The van der Waals surface area contributed by atoms with Crippen LogP contribution in [0.5, 0.6) is 0 Å². The molecule has 0 saturated carbocycles. The number of hydrogen-bond acceptors (Lipinski definition) is 7. The van der Waals surface area contributed by atoms with Crippen LogP contribution in [0.3, 0.4) is 0 Å². The summed E-state index contributed by atoms with van der Waals surface area (Å²) in [4.78, 5) is 24.6. The van der Waals surface area contributed by atoms with Gasteiger partial charge in [-0.2, -0.15) is 4.98 Å². The molecule has 3 N–H and O–H groups in total. The third kappa shape index (κ3) is 4.29. The molecule has 1 aromatic carbocycles. The molecule has 0 aliphatic carbocycles. The first-order valence-corrected chi connectivity index (χ1v) is 11.5. The molecule has 0 saturated heterocycles. The molecule has 4 rings (SSSR count). The Bertz CT molecular complexity index is 1580. The van der Waals surface area contributed by atoms with Gasteiger partial charge in [-0.1, -0.05) is 6.07 Å². The molecule has 3 aromatic heterocycles. The Morgan fingerprint density at radius 3 is 2.53 bits per heavy atom. The van der Waals surface area contributed by atoms with E-state index in [0.29, 0.717) is 6.07 Å². The highest BCUT2D eigenvalue weighted by Gasteiger charge is 2.26. The number of pyridine rings is 2. The molecule has 3 heterocycles. The van der Waals surface area contributed by atoms with Crippen molar-refractivity contribution in [2.24, 2.45) is 0 Å². The number of nitrogens with one attached hydrogen (secondary N) is 1. The summed E-state index contributed by atoms with van der Waals surface area (Å²) in [5.41, 5.74) is 2.84. The van der Waals surface area contributed by atoms with Crippen LogP contribution < -0.4 is 16.0 Å². The molecule has 9 nitrogen and oxygen atoms in total. The number of rotatable bonds is 6. The van der Waals surface area contributed by atoms with E-state index in [1.807, 2.05) is 0 Å². The topological polar surface area (TPSA) is 133 Å². The number of aryl methyl sites for hydroxylation is 1. The number of sulfonamides is 1. The number of hydrogen-bond donors (Lipinski definition) is 2. The lowest BCUT2D eigenvalue weighted by Crippen LogP contribution is -2.23. The zero-order chi connectivity index (χ0) is 24.6. The van der Waals surface area contributed by atoms with E-state index >= 15 is 4.39 Å². The largest absolute Gasteiger partial charge is 0.368 e. The molecule has 34 heavy (non-hydrogen) atoms. The van der Waals surface area contributed by atoms with E-state index in [9.17, 15) is 22.0 Å². The molecular weight excluding hydrogens is 473 g/mol. The van der Waals surface area contributed by atoms with E-state index in [2.05, 4.69) is 15.0 Å². The molecule has 4 aromatic rings. The summed E-state index contributed by atoms with van der Waals surface area (Å²) >= 11 is 0. The van der Waals surface area contributed by atoms with Gasteiger partial charge in [0.1, 0.15) is 17.1 Å². The minimum Gasteiger partial charge on any atom is -0.368 e. The fraction of sp³-hybridized carbons (Fsp3) is 0.143. The van der Waals surface area contributed by atoms with Crippen LogP contribution >= 0.6 is 0 Å². The van der Waals surface area contributed by atoms with Gasteiger partial charge in [-0.15, -0.1) is 0 Å². The third-order valence-corrected chi connectivity index (χ3v) is 6.12. The van der Waals surface area contributed by atoms with Crippen molar-refractivity contribution in [3.8, 4) is 11.1 Å². The maximum absolute atomic E-state index is 15.0. The van der Waals surface area contributed by atoms with Gasteiger partial charge < -0.3 is 5.73 Å². The van der Waals surface area contributed by atoms with E-state index in [0.717, 1.165) is 4.57 Å². The van der Waals surface area contributed by atoms with E-state index in [-0.39, 0.29) is 34.8 Å². The van der Waals surface area contributed by atoms with Crippen molar-refractivity contribution in [1.29, 1.82) is 0 Å². The molecule has 0 aliphatic rings. The Hall–Kier alpha value is -4.00. The van der Waals surface area contributed by atoms with Gasteiger partial charge in [0.05, 0.1) is 11.3 Å². The predicted octanol–water partition coefficient (Wildman–Crippen LogP) is 2.81. The average molecular weight is 490 g/mol. The Labute approximate surface area is 191 Å². The maximum Gasteiger partial charge on any atom is 0.260 e. The molecule has 13 heteroatoms. The number of benzene rings is 1. The normalized spacial score (nSPS) is 11.6. The average Bonchev–Trinajstić information content (AvgIpc) is 2.79. The minimum absolute atomic E-state index is 0.0903. The van der Waals surface area contributed by atoms with Gasteiger partial charge in [-0.05, 0) is 31.2 Å². The van der Waals surface area contributed by atoms with Crippen LogP contribution in [-0.4, -0.2) is 27.9 Å². The van der Waals surface area contributed by atoms with Crippen molar-refractivity contribution in [3.05, 3.63) is 76.2 Å². The smallest absolute Gasteiger partial charge is 0.260 e. The number of anilines is 2. The number of nitrogens with two attached hydrogens (primary N) is 1. The Kier molecular flexibility index (Phi) is 5.96. The van der Waals surface area contributed by atoms with Gasteiger partial charge in [0.25, 0.3) is 5.56 Å². The molecule has 0 bridgehead atoms. The van der Waals surface area contributed by atoms with Crippen LogP contribution in [0.1, 0.15) is 12.6 Å². The predicted molar refractivity (Wildman–Crippen MR) is 120 cm³/mol. The Morgan fingerprint density at radius 1 is 1.09 bits per heavy atom. The van der Waals surface area contributed by atoms with E-state index < -0.39 is 50.0 Å². The summed E-state index contributed by atoms with van der Waals surface area (Å²) in [5.74, 6) is -5.59. The second-order valence-electron chi connectivity index (χ2n) is 7.21. The summed E-state index contributed by atoms with van der Waals surface area (Å²) in [6.45, 7) is 1.73. The molecule has 176 valence electrons. The highest BCUT2D eigenvalue weighted by Crippen LogP contribution is 2.31. The lowest BCUT2D eigenvalue weighted by Gasteiger charge is -2.14. The SMILES string of the molecule is CCn1c(=O)c(-c2cc(F)c(NS(=O)(=O)Cc3ccccn3)c(F)c2F)cc2cnc(N)nc21. The Balaban J connectivity index is 1.81. The van der Waals surface area contributed by atoms with Crippen molar-refractivity contribution in [1.82, 2.24) is 19.5 Å². The van der Waals surface area contributed by atoms with E-state index in [4.69, 9.17) is 5.73 Å². The van der Waals surface area contributed by atoms with Crippen LogP contribution in [-0.2, 0) is 22.3 Å². The molecular formula is C21H17F3N6O3S. The first-order chi connectivity index (χ1) is 16.1. The van der Waals surface area contributed by atoms with E-state index in [1.54, 1.807) is 23.8 Å². The van der Waals surface area contributed by atoms with Crippen LogP contribution in [0.15, 0.2) is 47.5 Å².